The van der Waals surface area contributed by atoms with Crippen molar-refractivity contribution in [2.24, 2.45) is 4.99 Å². The number of rotatable bonds is 5. The van der Waals surface area contributed by atoms with Gasteiger partial charge in [0.25, 0.3) is 0 Å². The third-order valence-corrected chi connectivity index (χ3v) is 8.68. The minimum atomic E-state index is -3.49. The number of benzene rings is 2. The Bertz CT molecular complexity index is 1070. The molecular formula is C25H34N4O2S. The molecule has 0 aromatic heterocycles. The van der Waals surface area contributed by atoms with Crippen LogP contribution in [-0.2, 0) is 16.6 Å². The highest BCUT2D eigenvalue weighted by Crippen LogP contribution is 2.29. The van der Waals surface area contributed by atoms with Gasteiger partial charge < -0.3 is 10.6 Å². The number of hydrogen-bond acceptors (Lipinski definition) is 5. The minimum absolute atomic E-state index is 0.283. The summed E-state index contributed by atoms with van der Waals surface area (Å²) < 4.78 is 28.1. The Morgan fingerprint density at radius 3 is 2.44 bits per heavy atom. The summed E-state index contributed by atoms with van der Waals surface area (Å²) in [6, 6.07) is 15.7. The number of piperidine rings is 1. The fourth-order valence-corrected chi connectivity index (χ4v) is 6.05. The minimum Gasteiger partial charge on any atom is -0.368 e. The van der Waals surface area contributed by atoms with E-state index in [1.165, 1.54) is 11.1 Å². The maximum atomic E-state index is 13.2. The van der Waals surface area contributed by atoms with Gasteiger partial charge in [-0.2, -0.15) is 4.31 Å². The molecule has 0 bridgehead atoms. The molecule has 0 radical (unpaired) electrons. The first-order valence-corrected chi connectivity index (χ1v) is 12.9. The van der Waals surface area contributed by atoms with E-state index in [1.54, 1.807) is 16.4 Å². The molecule has 4 rings (SSSR count). The van der Waals surface area contributed by atoms with Gasteiger partial charge in [-0.1, -0.05) is 50.2 Å². The molecule has 32 heavy (non-hydrogen) atoms. The van der Waals surface area contributed by atoms with Crippen molar-refractivity contribution in [3.05, 3.63) is 65.2 Å². The van der Waals surface area contributed by atoms with Crippen molar-refractivity contribution in [1.82, 2.24) is 14.9 Å². The number of nitrogens with zero attached hydrogens (tertiary/aromatic N) is 2. The number of aryl methyl sites for hydroxylation is 1. The Morgan fingerprint density at radius 2 is 1.78 bits per heavy atom. The molecule has 2 aliphatic rings. The average molecular weight is 455 g/mol. The zero-order valence-electron chi connectivity index (χ0n) is 19.3. The van der Waals surface area contributed by atoms with Crippen LogP contribution in [0.4, 0.5) is 0 Å². The molecule has 0 unspecified atom stereocenters. The molecule has 1 fully saturated rings. The number of aliphatic imine (C=N–C) groups is 1. The van der Waals surface area contributed by atoms with E-state index in [-0.39, 0.29) is 5.54 Å². The SMILES string of the molecule is Cc1ccccc1CNC1=NCCNC12CCN(S(=O)(=O)c1ccc(C(C)C)cc1)CC2. The molecule has 0 atom stereocenters. The Hall–Kier alpha value is -2.22. The number of hydrogen-bond donors (Lipinski definition) is 2. The maximum absolute atomic E-state index is 13.2. The third kappa shape index (κ3) is 4.60. The fraction of sp³-hybridized carbons (Fsp3) is 0.480. The summed E-state index contributed by atoms with van der Waals surface area (Å²) in [6.07, 6.45) is 1.41. The van der Waals surface area contributed by atoms with Crippen molar-refractivity contribution in [2.45, 2.75) is 56.5 Å². The average Bonchev–Trinajstić information content (AvgIpc) is 2.80. The first-order chi connectivity index (χ1) is 15.3. The summed E-state index contributed by atoms with van der Waals surface area (Å²) in [4.78, 5) is 5.17. The van der Waals surface area contributed by atoms with Crippen LogP contribution in [0.15, 0.2) is 58.4 Å². The first-order valence-electron chi connectivity index (χ1n) is 11.5. The molecule has 0 saturated carbocycles. The number of amidine groups is 1. The number of nitrogens with one attached hydrogen (secondary N) is 2. The van der Waals surface area contributed by atoms with Crippen LogP contribution in [0.1, 0.15) is 49.3 Å². The summed E-state index contributed by atoms with van der Waals surface area (Å²) in [6.45, 7) is 9.57. The van der Waals surface area contributed by atoms with Gasteiger partial charge in [-0.3, -0.25) is 4.99 Å². The first kappa shape index (κ1) is 23.0. The highest BCUT2D eigenvalue weighted by molar-refractivity contribution is 7.89. The highest BCUT2D eigenvalue weighted by Gasteiger charge is 2.43. The standard InChI is InChI=1S/C25H34N4O2S/c1-19(2)21-8-10-23(11-9-21)32(30,31)29-16-12-25(13-17-29)24(26-14-15-28-25)27-18-22-7-5-4-6-20(22)3/h4-11,19,28H,12-18H2,1-3H3,(H,26,27). The lowest BCUT2D eigenvalue weighted by molar-refractivity contribution is 0.241. The van der Waals surface area contributed by atoms with Crippen LogP contribution in [0.3, 0.4) is 0 Å². The van der Waals surface area contributed by atoms with Gasteiger partial charge in [-0.05, 0) is 54.5 Å². The van der Waals surface area contributed by atoms with Crippen molar-refractivity contribution in [2.75, 3.05) is 26.2 Å². The summed E-state index contributed by atoms with van der Waals surface area (Å²) in [5.74, 6) is 1.34. The van der Waals surface area contributed by atoms with Crippen molar-refractivity contribution in [3.8, 4) is 0 Å². The summed E-state index contributed by atoms with van der Waals surface area (Å²) in [5, 5.41) is 7.21. The lowest BCUT2D eigenvalue weighted by Gasteiger charge is -2.44. The second-order valence-corrected chi connectivity index (χ2v) is 11.1. The van der Waals surface area contributed by atoms with E-state index in [1.807, 2.05) is 18.2 Å². The van der Waals surface area contributed by atoms with E-state index in [2.05, 4.69) is 49.6 Å². The molecule has 2 aliphatic heterocycles. The van der Waals surface area contributed by atoms with Gasteiger partial charge in [0.1, 0.15) is 5.84 Å². The summed E-state index contributed by atoms with van der Waals surface area (Å²) in [7, 11) is -3.49. The second-order valence-electron chi connectivity index (χ2n) is 9.15. The van der Waals surface area contributed by atoms with E-state index in [0.29, 0.717) is 36.7 Å². The van der Waals surface area contributed by atoms with E-state index >= 15 is 0 Å². The molecule has 7 heteroatoms. The Morgan fingerprint density at radius 1 is 1.09 bits per heavy atom. The lowest BCUT2D eigenvalue weighted by atomic mass is 9.85. The van der Waals surface area contributed by atoms with E-state index < -0.39 is 10.0 Å². The van der Waals surface area contributed by atoms with Gasteiger partial charge in [-0.25, -0.2) is 8.42 Å². The second kappa shape index (κ2) is 9.33. The van der Waals surface area contributed by atoms with E-state index in [4.69, 9.17) is 4.99 Å². The highest BCUT2D eigenvalue weighted by atomic mass is 32.2. The molecule has 2 aromatic carbocycles. The quantitative estimate of drug-likeness (QED) is 0.726. The molecule has 1 saturated heterocycles. The van der Waals surface area contributed by atoms with Crippen LogP contribution in [0.25, 0.3) is 0 Å². The zero-order chi connectivity index (χ0) is 22.8. The maximum Gasteiger partial charge on any atom is 0.243 e. The molecule has 2 aromatic rings. The zero-order valence-corrected chi connectivity index (χ0v) is 20.1. The monoisotopic (exact) mass is 454 g/mol. The Kier molecular flexibility index (Phi) is 6.70. The molecule has 6 nitrogen and oxygen atoms in total. The van der Waals surface area contributed by atoms with Crippen LogP contribution >= 0.6 is 0 Å². The molecular weight excluding hydrogens is 420 g/mol. The summed E-state index contributed by atoms with van der Waals surface area (Å²) in [5.41, 5.74) is 3.37. The van der Waals surface area contributed by atoms with Crippen LogP contribution < -0.4 is 10.6 Å². The van der Waals surface area contributed by atoms with Crippen LogP contribution in [-0.4, -0.2) is 50.3 Å². The van der Waals surface area contributed by atoms with Crippen LogP contribution in [0.2, 0.25) is 0 Å². The van der Waals surface area contributed by atoms with E-state index in [0.717, 1.165) is 31.0 Å². The third-order valence-electron chi connectivity index (χ3n) is 6.77. The topological polar surface area (TPSA) is 73.8 Å². The van der Waals surface area contributed by atoms with Crippen LogP contribution in [0, 0.1) is 6.92 Å². The predicted molar refractivity (Wildman–Crippen MR) is 130 cm³/mol. The summed E-state index contributed by atoms with van der Waals surface area (Å²) >= 11 is 0. The molecule has 172 valence electrons. The Balaban J connectivity index is 1.45. The number of sulfonamides is 1. The largest absolute Gasteiger partial charge is 0.368 e. The Labute approximate surface area is 192 Å². The molecule has 0 amide bonds. The molecule has 2 N–H and O–H groups in total. The van der Waals surface area contributed by atoms with Gasteiger partial charge in [0.15, 0.2) is 0 Å². The lowest BCUT2D eigenvalue weighted by Crippen LogP contribution is -2.64. The predicted octanol–water partition coefficient (Wildman–Crippen LogP) is 3.43. The molecule has 0 aliphatic carbocycles. The van der Waals surface area contributed by atoms with Gasteiger partial charge in [0.05, 0.1) is 17.0 Å². The molecule has 2 heterocycles. The van der Waals surface area contributed by atoms with Crippen molar-refractivity contribution < 1.29 is 8.42 Å². The fourth-order valence-electron chi connectivity index (χ4n) is 4.61. The van der Waals surface area contributed by atoms with E-state index in [9.17, 15) is 8.42 Å². The van der Waals surface area contributed by atoms with Crippen LogP contribution in [0.5, 0.6) is 0 Å². The van der Waals surface area contributed by atoms with Crippen molar-refractivity contribution >= 4 is 15.9 Å². The smallest absolute Gasteiger partial charge is 0.243 e. The van der Waals surface area contributed by atoms with Gasteiger partial charge in [-0.15, -0.1) is 0 Å². The van der Waals surface area contributed by atoms with Crippen molar-refractivity contribution in [1.29, 1.82) is 0 Å². The normalized spacial score (nSPS) is 19.2. The van der Waals surface area contributed by atoms with Gasteiger partial charge >= 0.3 is 0 Å². The van der Waals surface area contributed by atoms with Crippen molar-refractivity contribution in [3.63, 3.8) is 0 Å². The molecule has 1 spiro atoms. The van der Waals surface area contributed by atoms with Gasteiger partial charge in [0.2, 0.25) is 10.0 Å². The van der Waals surface area contributed by atoms with Gasteiger partial charge in [0, 0.05) is 26.2 Å².